The lowest BCUT2D eigenvalue weighted by molar-refractivity contribution is 0.339. The molecule has 2 N–H and O–H groups in total. The molecule has 1 fully saturated rings. The topological polar surface area (TPSA) is 26.0 Å². The minimum absolute atomic E-state index is 0.00207. The van der Waals surface area contributed by atoms with Gasteiger partial charge >= 0.3 is 0 Å². The third-order valence-electron chi connectivity index (χ3n) is 4.83. The lowest BCUT2D eigenvalue weighted by atomic mass is 9.87. The fraction of sp³-hybridized carbons (Fsp3) is 0.875. The van der Waals surface area contributed by atoms with Gasteiger partial charge in [-0.15, -0.1) is 11.6 Å². The Balaban J connectivity index is 2.66. The molecule has 1 aliphatic carbocycles. The molecule has 4 unspecified atom stereocenters. The molecule has 0 saturated heterocycles. The molecular weight excluding hydrogens is 242 g/mol. The molecule has 1 saturated carbocycles. The van der Waals surface area contributed by atoms with Gasteiger partial charge in [-0.3, -0.25) is 0 Å². The first kappa shape index (κ1) is 16.0. The summed E-state index contributed by atoms with van der Waals surface area (Å²) in [4.78, 5) is 0. The van der Waals surface area contributed by atoms with Gasteiger partial charge in [0, 0.05) is 10.9 Å². The Kier molecular flexibility index (Phi) is 5.73. The van der Waals surface area contributed by atoms with Crippen molar-refractivity contribution < 1.29 is 0 Å². The summed E-state index contributed by atoms with van der Waals surface area (Å²) in [7, 11) is 0. The van der Waals surface area contributed by atoms with E-state index < -0.39 is 0 Å². The van der Waals surface area contributed by atoms with Gasteiger partial charge in [-0.2, -0.15) is 0 Å². The van der Waals surface area contributed by atoms with Crippen molar-refractivity contribution in [1.29, 1.82) is 0 Å². The van der Waals surface area contributed by atoms with Crippen molar-refractivity contribution in [3.05, 3.63) is 12.2 Å². The third-order valence-corrected chi connectivity index (χ3v) is 4.99. The Morgan fingerprint density at radius 3 is 2.61 bits per heavy atom. The molecule has 4 atom stereocenters. The molecule has 0 amide bonds. The van der Waals surface area contributed by atoms with Crippen LogP contribution in [0.1, 0.15) is 66.2 Å². The average Bonchev–Trinajstić information content (AvgIpc) is 2.71. The van der Waals surface area contributed by atoms with Crippen LogP contribution in [0.2, 0.25) is 0 Å². The molecule has 0 radical (unpaired) electrons. The second-order valence-electron chi connectivity index (χ2n) is 6.23. The van der Waals surface area contributed by atoms with E-state index in [1.807, 2.05) is 0 Å². The van der Waals surface area contributed by atoms with Crippen LogP contribution in [-0.4, -0.2) is 10.9 Å². The average molecular weight is 272 g/mol. The number of hydrogen-bond donors (Lipinski definition) is 1. The summed E-state index contributed by atoms with van der Waals surface area (Å²) in [6.45, 7) is 8.68. The molecule has 0 aliphatic heterocycles. The number of halogens is 1. The largest absolute Gasteiger partial charge is 0.325 e. The quantitative estimate of drug-likeness (QED) is 0.380. The van der Waals surface area contributed by atoms with Crippen LogP contribution in [0.4, 0.5) is 0 Å². The Bertz CT molecular complexity index is 283. The summed E-state index contributed by atoms with van der Waals surface area (Å²) in [6, 6.07) is 0. The highest BCUT2D eigenvalue weighted by molar-refractivity contribution is 6.20. The monoisotopic (exact) mass is 271 g/mol. The van der Waals surface area contributed by atoms with E-state index in [0.717, 1.165) is 6.42 Å². The summed E-state index contributed by atoms with van der Waals surface area (Å²) >= 11 is 6.27. The lowest BCUT2D eigenvalue weighted by Crippen LogP contribution is -2.28. The molecule has 0 aromatic rings. The minimum atomic E-state index is 0.00207. The summed E-state index contributed by atoms with van der Waals surface area (Å²) < 4.78 is 0. The normalized spacial score (nSPS) is 37.1. The second-order valence-corrected chi connectivity index (χ2v) is 6.97. The predicted molar refractivity (Wildman–Crippen MR) is 82.0 cm³/mol. The molecule has 0 heterocycles. The van der Waals surface area contributed by atoms with Crippen molar-refractivity contribution >= 4 is 11.6 Å². The summed E-state index contributed by atoms with van der Waals surface area (Å²) in [5.41, 5.74) is 6.86. The Hall–Kier alpha value is -0.0100. The van der Waals surface area contributed by atoms with Gasteiger partial charge < -0.3 is 5.73 Å². The molecule has 1 aliphatic rings. The van der Waals surface area contributed by atoms with Crippen molar-refractivity contribution in [3.63, 3.8) is 0 Å². The summed E-state index contributed by atoms with van der Waals surface area (Å²) in [5, 5.41) is 0.233. The Morgan fingerprint density at radius 2 is 2.11 bits per heavy atom. The van der Waals surface area contributed by atoms with E-state index in [-0.39, 0.29) is 10.9 Å². The highest BCUT2D eigenvalue weighted by Crippen LogP contribution is 2.67. The Labute approximate surface area is 118 Å². The number of allylic oxidation sites excluding steroid dienone is 2. The third kappa shape index (κ3) is 3.11. The standard InChI is InChI=1S/C16H30ClN/c1-5-7-8-9-11-16(12-13(3)17)14(10-6-2)15(16,4)18/h5,7,13-14H,6,8-12,18H2,1-4H3. The van der Waals surface area contributed by atoms with Gasteiger partial charge in [0.05, 0.1) is 0 Å². The molecule has 1 rings (SSSR count). The van der Waals surface area contributed by atoms with Crippen molar-refractivity contribution in [2.45, 2.75) is 77.1 Å². The zero-order chi connectivity index (χ0) is 13.8. The predicted octanol–water partition coefficient (Wildman–Crippen LogP) is 4.88. The van der Waals surface area contributed by atoms with Crippen LogP contribution in [0.5, 0.6) is 0 Å². The minimum Gasteiger partial charge on any atom is -0.325 e. The van der Waals surface area contributed by atoms with Crippen molar-refractivity contribution in [3.8, 4) is 0 Å². The maximum Gasteiger partial charge on any atom is 0.0313 e. The molecular formula is C16H30ClN. The van der Waals surface area contributed by atoms with Crippen LogP contribution in [-0.2, 0) is 0 Å². The van der Waals surface area contributed by atoms with E-state index >= 15 is 0 Å². The van der Waals surface area contributed by atoms with Crippen LogP contribution in [0, 0.1) is 11.3 Å². The van der Waals surface area contributed by atoms with Gasteiger partial charge in [0.25, 0.3) is 0 Å². The van der Waals surface area contributed by atoms with Crippen molar-refractivity contribution in [2.24, 2.45) is 17.1 Å². The van der Waals surface area contributed by atoms with Gasteiger partial charge in [-0.25, -0.2) is 0 Å². The smallest absolute Gasteiger partial charge is 0.0313 e. The zero-order valence-electron chi connectivity index (χ0n) is 12.5. The second kappa shape index (κ2) is 6.43. The van der Waals surface area contributed by atoms with Crippen LogP contribution < -0.4 is 5.73 Å². The van der Waals surface area contributed by atoms with Crippen LogP contribution in [0.3, 0.4) is 0 Å². The van der Waals surface area contributed by atoms with Gasteiger partial charge in [0.15, 0.2) is 0 Å². The van der Waals surface area contributed by atoms with E-state index in [9.17, 15) is 0 Å². The maximum atomic E-state index is 6.56. The first-order chi connectivity index (χ1) is 8.42. The number of rotatable bonds is 8. The van der Waals surface area contributed by atoms with Crippen molar-refractivity contribution in [1.82, 2.24) is 0 Å². The first-order valence-corrected chi connectivity index (χ1v) is 7.90. The molecule has 106 valence electrons. The van der Waals surface area contributed by atoms with E-state index in [1.54, 1.807) is 0 Å². The fourth-order valence-corrected chi connectivity index (χ4v) is 4.15. The zero-order valence-corrected chi connectivity index (χ0v) is 13.3. The molecule has 0 bridgehead atoms. The lowest BCUT2D eigenvalue weighted by Gasteiger charge is -2.21. The first-order valence-electron chi connectivity index (χ1n) is 7.46. The van der Waals surface area contributed by atoms with Gasteiger partial charge in [-0.1, -0.05) is 25.5 Å². The van der Waals surface area contributed by atoms with Gasteiger partial charge in [0.2, 0.25) is 0 Å². The van der Waals surface area contributed by atoms with Gasteiger partial charge in [0.1, 0.15) is 0 Å². The molecule has 0 aromatic heterocycles. The highest BCUT2D eigenvalue weighted by atomic mass is 35.5. The van der Waals surface area contributed by atoms with E-state index in [1.165, 1.54) is 32.1 Å². The number of hydrogen-bond acceptors (Lipinski definition) is 1. The summed E-state index contributed by atoms with van der Waals surface area (Å²) in [5.74, 6) is 0.668. The van der Waals surface area contributed by atoms with E-state index in [4.69, 9.17) is 17.3 Å². The molecule has 18 heavy (non-hydrogen) atoms. The molecule has 0 aromatic carbocycles. The van der Waals surface area contributed by atoms with Crippen LogP contribution in [0.15, 0.2) is 12.2 Å². The van der Waals surface area contributed by atoms with E-state index in [0.29, 0.717) is 11.3 Å². The molecule has 0 spiro atoms. The number of unbranched alkanes of at least 4 members (excludes halogenated alkanes) is 1. The van der Waals surface area contributed by atoms with Crippen LogP contribution in [0.25, 0.3) is 0 Å². The van der Waals surface area contributed by atoms with Crippen molar-refractivity contribution in [2.75, 3.05) is 0 Å². The SMILES string of the molecule is CC=CCCCC1(CC(C)Cl)C(CCC)C1(C)N. The number of nitrogens with two attached hydrogens (primary N) is 1. The molecule has 1 nitrogen and oxygen atoms in total. The van der Waals surface area contributed by atoms with Gasteiger partial charge in [-0.05, 0) is 64.2 Å². The van der Waals surface area contributed by atoms with Crippen LogP contribution >= 0.6 is 11.6 Å². The number of alkyl halides is 1. The Morgan fingerprint density at radius 1 is 1.44 bits per heavy atom. The fourth-order valence-electron chi connectivity index (χ4n) is 3.88. The molecule has 2 heteroatoms. The highest BCUT2D eigenvalue weighted by Gasteiger charge is 2.69. The maximum absolute atomic E-state index is 6.56. The summed E-state index contributed by atoms with van der Waals surface area (Å²) in [6.07, 6.45) is 11.6. The van der Waals surface area contributed by atoms with E-state index in [2.05, 4.69) is 39.8 Å².